The maximum absolute atomic E-state index is 12.5. The first kappa shape index (κ1) is 75.6. The fourth-order valence-corrected chi connectivity index (χ4v) is 10.5. The minimum atomic E-state index is -0.851. The molecule has 0 aromatic rings. The van der Waals surface area contributed by atoms with E-state index < -0.39 is 12.1 Å². The normalized spacial score (nSPS) is 12.9. The number of ether oxygens (including phenoxy) is 1. The Balaban J connectivity index is 3.48. The van der Waals surface area contributed by atoms with Gasteiger partial charge in [0.2, 0.25) is 5.91 Å². The molecule has 0 fully saturated rings. The van der Waals surface area contributed by atoms with E-state index in [1.54, 1.807) is 6.08 Å². The number of unbranched alkanes of at least 4 members (excludes halogenated alkanes) is 45. The summed E-state index contributed by atoms with van der Waals surface area (Å²) >= 11 is 0. The number of hydrogen-bond donors (Lipinski definition) is 3. The highest BCUT2D eigenvalue weighted by atomic mass is 16.5. The molecule has 2 unspecified atom stereocenters. The second-order valence-corrected chi connectivity index (χ2v) is 23.5. The van der Waals surface area contributed by atoms with E-state index in [1.165, 1.54) is 276 Å². The van der Waals surface area contributed by atoms with Crippen LogP contribution in [0.1, 0.15) is 361 Å². The van der Waals surface area contributed by atoms with E-state index in [-0.39, 0.29) is 18.5 Å². The smallest absolute Gasteiger partial charge is 0.305 e. The van der Waals surface area contributed by atoms with Crippen molar-refractivity contribution in [1.82, 2.24) is 5.32 Å². The standard InChI is InChI=1S/C72H133NO5/c1-3-5-7-9-11-13-15-17-19-21-22-23-24-26-29-33-36-40-44-48-52-56-60-64-70(75)69(68-74)73-71(76)65-61-57-53-49-45-41-37-34-30-27-25-28-31-35-39-43-47-51-55-59-63-67-78-72(77)66-62-58-54-50-46-42-38-32-20-18-16-14-12-10-8-6-4-2/h12,14,18,20,43,47,55,59-60,64,69-70,74-75H,3-11,13,15-17,19,21-42,44-46,48-54,56-58,61-63,65-68H2,1-2H3,(H,73,76)/b14-12-,20-18-,47-43-,59-55-,64-60+. The van der Waals surface area contributed by atoms with Gasteiger partial charge >= 0.3 is 5.97 Å². The summed E-state index contributed by atoms with van der Waals surface area (Å²) in [5, 5.41) is 23.3. The molecule has 0 aliphatic carbocycles. The van der Waals surface area contributed by atoms with Gasteiger partial charge in [0.25, 0.3) is 0 Å². The molecule has 0 spiro atoms. The second-order valence-electron chi connectivity index (χ2n) is 23.5. The van der Waals surface area contributed by atoms with Crippen LogP contribution in [0.5, 0.6) is 0 Å². The summed E-state index contributed by atoms with van der Waals surface area (Å²) in [7, 11) is 0. The highest BCUT2D eigenvalue weighted by Crippen LogP contribution is 2.18. The number of allylic oxidation sites excluding steroid dienone is 8. The minimum Gasteiger partial charge on any atom is -0.465 e. The first-order chi connectivity index (χ1) is 38.5. The quantitative estimate of drug-likeness (QED) is 0.0320. The van der Waals surface area contributed by atoms with E-state index in [0.29, 0.717) is 19.4 Å². The van der Waals surface area contributed by atoms with Crippen LogP contribution in [0.25, 0.3) is 0 Å². The molecule has 0 radical (unpaired) electrons. The highest BCUT2D eigenvalue weighted by Gasteiger charge is 2.18. The molecule has 0 bridgehead atoms. The SMILES string of the molecule is CCCCC/C=C\C/C=C\CCCCCCCCCC(=O)OCC/C=C\C/C=C\CCCCCCCCCCCCCCCCC(=O)NC(CO)C(O)/C=C/CCCCCCCCCCCCCCCCCCCCCCC. The molecule has 0 saturated heterocycles. The molecule has 0 aliphatic rings. The number of carbonyl (C=O) groups is 2. The van der Waals surface area contributed by atoms with Crippen molar-refractivity contribution in [3.05, 3.63) is 60.8 Å². The van der Waals surface area contributed by atoms with Gasteiger partial charge in [-0.15, -0.1) is 0 Å². The lowest BCUT2D eigenvalue weighted by Crippen LogP contribution is -2.45. The van der Waals surface area contributed by atoms with Crippen molar-refractivity contribution in [2.24, 2.45) is 0 Å². The van der Waals surface area contributed by atoms with Crippen LogP contribution in [0.3, 0.4) is 0 Å². The van der Waals surface area contributed by atoms with E-state index in [2.05, 4.69) is 67.8 Å². The number of aliphatic hydroxyl groups excluding tert-OH is 2. The molecule has 2 atom stereocenters. The Morgan fingerprint density at radius 2 is 0.641 bits per heavy atom. The summed E-state index contributed by atoms with van der Waals surface area (Å²) in [5.41, 5.74) is 0. The third-order valence-electron chi connectivity index (χ3n) is 15.8. The maximum atomic E-state index is 12.5. The van der Waals surface area contributed by atoms with Gasteiger partial charge in [0, 0.05) is 12.8 Å². The Morgan fingerprint density at radius 3 is 1.00 bits per heavy atom. The van der Waals surface area contributed by atoms with Crippen molar-refractivity contribution in [1.29, 1.82) is 0 Å². The van der Waals surface area contributed by atoms with Crippen molar-refractivity contribution in [3.63, 3.8) is 0 Å². The Kier molecular flexibility index (Phi) is 65.0. The Morgan fingerprint density at radius 1 is 0.359 bits per heavy atom. The molecule has 78 heavy (non-hydrogen) atoms. The molecular weight excluding hydrogens is 959 g/mol. The number of rotatable bonds is 64. The van der Waals surface area contributed by atoms with Crippen molar-refractivity contribution < 1.29 is 24.5 Å². The Hall–Kier alpha value is -2.44. The summed E-state index contributed by atoms with van der Waals surface area (Å²) in [6.45, 7) is 4.79. The predicted octanol–water partition coefficient (Wildman–Crippen LogP) is 22.3. The lowest BCUT2D eigenvalue weighted by molar-refractivity contribution is -0.143. The molecule has 0 aromatic heterocycles. The van der Waals surface area contributed by atoms with Crippen LogP contribution < -0.4 is 5.32 Å². The number of esters is 1. The number of nitrogens with one attached hydrogen (secondary N) is 1. The molecule has 0 rings (SSSR count). The lowest BCUT2D eigenvalue weighted by Gasteiger charge is -2.20. The number of carbonyl (C=O) groups excluding carboxylic acids is 2. The van der Waals surface area contributed by atoms with Gasteiger partial charge in [-0.3, -0.25) is 9.59 Å². The molecule has 0 saturated carbocycles. The topological polar surface area (TPSA) is 95.9 Å². The number of amides is 1. The monoisotopic (exact) mass is 1090 g/mol. The Labute approximate surface area is 486 Å². The van der Waals surface area contributed by atoms with E-state index >= 15 is 0 Å². The zero-order chi connectivity index (χ0) is 56.4. The highest BCUT2D eigenvalue weighted by molar-refractivity contribution is 5.76. The number of aliphatic hydroxyl groups is 2. The summed E-state index contributed by atoms with van der Waals surface area (Å²) in [4.78, 5) is 24.6. The third-order valence-corrected chi connectivity index (χ3v) is 15.8. The molecule has 456 valence electrons. The summed E-state index contributed by atoms with van der Waals surface area (Å²) in [6, 6.07) is -0.635. The predicted molar refractivity (Wildman–Crippen MR) is 342 cm³/mol. The molecule has 0 aromatic carbocycles. The molecule has 6 nitrogen and oxygen atoms in total. The van der Waals surface area contributed by atoms with E-state index in [9.17, 15) is 19.8 Å². The van der Waals surface area contributed by atoms with Gasteiger partial charge in [-0.1, -0.05) is 325 Å². The van der Waals surface area contributed by atoms with Crippen LogP contribution in [0.15, 0.2) is 60.8 Å². The van der Waals surface area contributed by atoms with Crippen LogP contribution in [0, 0.1) is 0 Å². The van der Waals surface area contributed by atoms with Gasteiger partial charge in [0.05, 0.1) is 25.4 Å². The maximum Gasteiger partial charge on any atom is 0.305 e. The van der Waals surface area contributed by atoms with Crippen LogP contribution in [-0.4, -0.2) is 47.4 Å². The van der Waals surface area contributed by atoms with Gasteiger partial charge in [-0.25, -0.2) is 0 Å². The van der Waals surface area contributed by atoms with Crippen LogP contribution >= 0.6 is 0 Å². The van der Waals surface area contributed by atoms with Gasteiger partial charge in [-0.05, 0) is 83.5 Å². The summed E-state index contributed by atoms with van der Waals surface area (Å²) in [5.74, 6) is -0.114. The molecule has 6 heteroatoms. The van der Waals surface area contributed by atoms with Crippen molar-refractivity contribution >= 4 is 11.9 Å². The first-order valence-electron chi connectivity index (χ1n) is 34.6. The molecule has 1 amide bonds. The van der Waals surface area contributed by atoms with E-state index in [4.69, 9.17) is 4.74 Å². The van der Waals surface area contributed by atoms with Gasteiger partial charge < -0.3 is 20.3 Å². The molecule has 0 aliphatic heterocycles. The third kappa shape index (κ3) is 62.8. The minimum absolute atomic E-state index is 0.0436. The lowest BCUT2D eigenvalue weighted by atomic mass is 10.0. The first-order valence-corrected chi connectivity index (χ1v) is 34.6. The number of hydrogen-bond acceptors (Lipinski definition) is 5. The van der Waals surface area contributed by atoms with Gasteiger partial charge in [-0.2, -0.15) is 0 Å². The second kappa shape index (κ2) is 67.1. The molecule has 0 heterocycles. The van der Waals surface area contributed by atoms with Gasteiger partial charge in [0.1, 0.15) is 0 Å². The fourth-order valence-electron chi connectivity index (χ4n) is 10.5. The van der Waals surface area contributed by atoms with Crippen molar-refractivity contribution in [2.75, 3.05) is 13.2 Å². The summed E-state index contributed by atoms with van der Waals surface area (Å²) < 4.78 is 5.43. The fraction of sp³-hybridized carbons (Fsp3) is 0.833. The zero-order valence-corrected chi connectivity index (χ0v) is 52.1. The average molecular weight is 1090 g/mol. The molecular formula is C72H133NO5. The summed E-state index contributed by atoms with van der Waals surface area (Å²) in [6.07, 6.45) is 88.7. The average Bonchev–Trinajstić information content (AvgIpc) is 3.44. The van der Waals surface area contributed by atoms with Gasteiger partial charge in [0.15, 0.2) is 0 Å². The van der Waals surface area contributed by atoms with Crippen molar-refractivity contribution in [2.45, 2.75) is 373 Å². The van der Waals surface area contributed by atoms with E-state index in [0.717, 1.165) is 57.8 Å². The Bertz CT molecular complexity index is 1350. The molecule has 3 N–H and O–H groups in total. The van der Waals surface area contributed by atoms with Crippen molar-refractivity contribution in [3.8, 4) is 0 Å². The largest absolute Gasteiger partial charge is 0.465 e. The van der Waals surface area contributed by atoms with E-state index in [1.807, 2.05) is 6.08 Å². The zero-order valence-electron chi connectivity index (χ0n) is 52.1. The van der Waals surface area contributed by atoms with Crippen LogP contribution in [0.2, 0.25) is 0 Å². The van der Waals surface area contributed by atoms with Crippen LogP contribution in [-0.2, 0) is 14.3 Å². The van der Waals surface area contributed by atoms with Crippen LogP contribution in [0.4, 0.5) is 0 Å².